The number of epoxide rings is 2. The first-order valence-corrected chi connectivity index (χ1v) is 12.3. The average Bonchev–Trinajstić information content (AvgIpc) is 3.52. The van der Waals surface area contributed by atoms with Crippen LogP contribution in [0.15, 0.2) is 0 Å². The fourth-order valence-corrected chi connectivity index (χ4v) is 5.47. The molecule has 6 atom stereocenters. The number of esters is 2. The summed E-state index contributed by atoms with van der Waals surface area (Å²) in [5.41, 5.74) is -0.138. The molecule has 9 heteroatoms. The van der Waals surface area contributed by atoms with Crippen molar-refractivity contribution < 1.29 is 37.0 Å². The van der Waals surface area contributed by atoms with Crippen molar-refractivity contribution in [2.24, 2.45) is 11.8 Å². The summed E-state index contributed by atoms with van der Waals surface area (Å²) in [5.74, 6) is -1.66. The maximum absolute atomic E-state index is 12.1. The van der Waals surface area contributed by atoms with Crippen LogP contribution in [0.5, 0.6) is 0 Å². The zero-order valence-electron chi connectivity index (χ0n) is 17.1. The van der Waals surface area contributed by atoms with Gasteiger partial charge in [0.05, 0.1) is 46.8 Å². The van der Waals surface area contributed by atoms with Gasteiger partial charge in [-0.2, -0.15) is 0 Å². The molecule has 2 heterocycles. The lowest BCUT2D eigenvalue weighted by molar-refractivity contribution is -0.149. The highest BCUT2D eigenvalue weighted by atomic mass is 32.2. The van der Waals surface area contributed by atoms with Crippen molar-refractivity contribution in [2.45, 2.75) is 75.8 Å². The van der Waals surface area contributed by atoms with Crippen molar-refractivity contribution in [1.29, 1.82) is 0 Å². The molecule has 164 valence electrons. The van der Waals surface area contributed by atoms with Gasteiger partial charge in [0.1, 0.15) is 13.2 Å². The van der Waals surface area contributed by atoms with Crippen molar-refractivity contribution in [3.8, 4) is 0 Å². The maximum Gasteiger partial charge on any atom is 0.309 e. The quantitative estimate of drug-likeness (QED) is 0.420. The molecule has 0 aromatic heterocycles. The second-order valence-electron chi connectivity index (χ2n) is 9.27. The summed E-state index contributed by atoms with van der Waals surface area (Å²) in [7, 11) is -3.46. The Morgan fingerprint density at radius 2 is 1.28 bits per heavy atom. The molecule has 0 radical (unpaired) electrons. The summed E-state index contributed by atoms with van der Waals surface area (Å²) in [6.07, 6.45) is 4.60. The molecule has 8 nitrogen and oxygen atoms in total. The minimum atomic E-state index is -3.46. The van der Waals surface area contributed by atoms with E-state index in [0.29, 0.717) is 25.7 Å². The summed E-state index contributed by atoms with van der Waals surface area (Å²) >= 11 is 0. The van der Waals surface area contributed by atoms with Crippen LogP contribution in [0.1, 0.15) is 52.4 Å². The van der Waals surface area contributed by atoms with Crippen molar-refractivity contribution >= 4 is 21.8 Å². The van der Waals surface area contributed by atoms with E-state index < -0.39 is 9.84 Å². The van der Waals surface area contributed by atoms with Crippen molar-refractivity contribution in [3.63, 3.8) is 0 Å². The highest BCUT2D eigenvalue weighted by Gasteiger charge is 2.57. The number of hydrogen-bond donors (Lipinski definition) is 0. The second-order valence-corrected chi connectivity index (χ2v) is 11.6. The van der Waals surface area contributed by atoms with Gasteiger partial charge in [0.2, 0.25) is 0 Å². The van der Waals surface area contributed by atoms with E-state index >= 15 is 0 Å². The molecule has 29 heavy (non-hydrogen) atoms. The summed E-state index contributed by atoms with van der Waals surface area (Å²) in [6.45, 7) is 3.75. The van der Waals surface area contributed by atoms with Gasteiger partial charge in [0.15, 0.2) is 9.84 Å². The number of carbonyl (C=O) groups is 2. The van der Waals surface area contributed by atoms with E-state index in [-0.39, 0.29) is 71.9 Å². The van der Waals surface area contributed by atoms with Gasteiger partial charge in [0, 0.05) is 0 Å². The molecule has 0 amide bonds. The predicted molar refractivity (Wildman–Crippen MR) is 102 cm³/mol. The lowest BCUT2D eigenvalue weighted by Crippen LogP contribution is -2.30. The minimum Gasteiger partial charge on any atom is -0.464 e. The van der Waals surface area contributed by atoms with Crippen LogP contribution in [0.25, 0.3) is 0 Å². The molecule has 2 saturated carbocycles. The topological polar surface area (TPSA) is 112 Å². The van der Waals surface area contributed by atoms with E-state index in [4.69, 9.17) is 18.9 Å². The Hall–Kier alpha value is -1.19. The molecule has 0 bridgehead atoms. The normalized spacial score (nSPS) is 40.3. The van der Waals surface area contributed by atoms with Crippen LogP contribution in [-0.4, -0.2) is 68.5 Å². The number of ether oxygens (including phenoxy) is 4. The Morgan fingerprint density at radius 3 is 1.66 bits per heavy atom. The fourth-order valence-electron chi connectivity index (χ4n) is 4.60. The molecule has 0 spiro atoms. The molecule has 2 aliphatic heterocycles. The van der Waals surface area contributed by atoms with Gasteiger partial charge in [-0.3, -0.25) is 9.59 Å². The third-order valence-corrected chi connectivity index (χ3v) is 8.57. The van der Waals surface area contributed by atoms with Crippen molar-refractivity contribution in [1.82, 2.24) is 0 Å². The average molecular weight is 431 g/mol. The van der Waals surface area contributed by atoms with Gasteiger partial charge < -0.3 is 18.9 Å². The van der Waals surface area contributed by atoms with Gasteiger partial charge in [-0.25, -0.2) is 8.42 Å². The van der Waals surface area contributed by atoms with E-state index in [1.165, 1.54) is 0 Å². The molecule has 0 aromatic rings. The first kappa shape index (κ1) is 21.1. The summed E-state index contributed by atoms with van der Waals surface area (Å²) in [4.78, 5) is 24.3. The Morgan fingerprint density at radius 1 is 0.862 bits per heavy atom. The van der Waals surface area contributed by atoms with E-state index in [2.05, 4.69) is 0 Å². The van der Waals surface area contributed by atoms with Crippen LogP contribution in [0.3, 0.4) is 0 Å². The van der Waals surface area contributed by atoms with Crippen molar-refractivity contribution in [2.75, 3.05) is 24.7 Å². The first-order valence-electron chi connectivity index (χ1n) is 10.5. The van der Waals surface area contributed by atoms with Crippen LogP contribution in [-0.2, 0) is 38.4 Å². The zero-order valence-corrected chi connectivity index (χ0v) is 17.9. The molecule has 0 aromatic carbocycles. The summed E-state index contributed by atoms with van der Waals surface area (Å²) < 4.78 is 45.7. The van der Waals surface area contributed by atoms with Crippen molar-refractivity contribution in [3.05, 3.63) is 0 Å². The molecular formula is C20H30O8S. The first-order chi connectivity index (χ1) is 13.6. The number of rotatable bonds is 8. The molecule has 2 aliphatic carbocycles. The molecule has 4 aliphatic rings. The predicted octanol–water partition coefficient (Wildman–Crippen LogP) is 1.40. The van der Waals surface area contributed by atoms with Gasteiger partial charge in [-0.1, -0.05) is 0 Å². The number of carbonyl (C=O) groups excluding carboxylic acids is 2. The largest absolute Gasteiger partial charge is 0.464 e. The van der Waals surface area contributed by atoms with Crippen LogP contribution in [0, 0.1) is 11.8 Å². The third kappa shape index (κ3) is 4.77. The smallest absolute Gasteiger partial charge is 0.309 e. The monoisotopic (exact) mass is 430 g/mol. The molecule has 0 N–H and O–H groups in total. The molecule has 4 fully saturated rings. The van der Waals surface area contributed by atoms with Gasteiger partial charge in [-0.15, -0.1) is 0 Å². The van der Waals surface area contributed by atoms with Crippen LogP contribution in [0.4, 0.5) is 0 Å². The molecule has 2 saturated heterocycles. The Balaban J connectivity index is 1.11. The minimum absolute atomic E-state index is 0.0689. The zero-order chi connectivity index (χ0) is 20.9. The van der Waals surface area contributed by atoms with E-state index in [1.54, 1.807) is 0 Å². The van der Waals surface area contributed by atoms with E-state index in [0.717, 1.165) is 12.8 Å². The van der Waals surface area contributed by atoms with Gasteiger partial charge >= 0.3 is 11.9 Å². The van der Waals surface area contributed by atoms with Gasteiger partial charge in [0.25, 0.3) is 0 Å². The lowest BCUT2D eigenvalue weighted by atomic mass is 9.83. The highest BCUT2D eigenvalue weighted by molar-refractivity contribution is 7.91. The number of hydrogen-bond acceptors (Lipinski definition) is 8. The van der Waals surface area contributed by atoms with Gasteiger partial charge in [-0.05, 0) is 52.4 Å². The van der Waals surface area contributed by atoms with Crippen LogP contribution in [0.2, 0.25) is 0 Å². The fraction of sp³-hybridized carbons (Fsp3) is 0.900. The highest BCUT2D eigenvalue weighted by Crippen LogP contribution is 2.50. The molecule has 4 rings (SSSR count). The summed E-state index contributed by atoms with van der Waals surface area (Å²) in [6, 6.07) is 0. The Bertz CT molecular complexity index is 721. The second kappa shape index (κ2) is 7.50. The summed E-state index contributed by atoms with van der Waals surface area (Å²) in [5, 5.41) is 0. The third-order valence-electron chi connectivity index (χ3n) is 6.99. The standard InChI is InChI=1S/C20H30O8S/c1-19-5-3-13(11-15(19)27-19)17(21)25-7-9-29(23,24)10-8-26-18(22)14-4-6-20(2)16(12-14)28-20/h13-16H,3-12H2,1-2H3. The lowest BCUT2D eigenvalue weighted by Gasteiger charge is -2.21. The van der Waals surface area contributed by atoms with Crippen LogP contribution >= 0.6 is 0 Å². The number of fused-ring (bicyclic) bond motifs is 2. The Kier molecular flexibility index (Phi) is 5.44. The molecule has 6 unspecified atom stereocenters. The Labute approximate surface area is 171 Å². The maximum atomic E-state index is 12.1. The van der Waals surface area contributed by atoms with Crippen LogP contribution < -0.4 is 0 Å². The SMILES string of the molecule is CC12CCC(C(=O)OCCS(=O)(=O)CCOC(=O)C3CCC4(C)OC4C3)CC1O2. The van der Waals surface area contributed by atoms with E-state index in [9.17, 15) is 18.0 Å². The van der Waals surface area contributed by atoms with E-state index in [1.807, 2.05) is 13.8 Å². The molecular weight excluding hydrogens is 400 g/mol. The number of sulfone groups is 1.